The Morgan fingerprint density at radius 3 is 2.20 bits per heavy atom. The van der Waals surface area contributed by atoms with E-state index in [2.05, 4.69) is 0 Å². The van der Waals surface area contributed by atoms with Crippen LogP contribution >= 0.6 is 23.2 Å². The maximum Gasteiger partial charge on any atom is 0.198 e. The molecule has 0 aliphatic heterocycles. The number of nitrogens with two attached hydrogens (primary N) is 1. The lowest BCUT2D eigenvalue weighted by Crippen LogP contribution is -2.12. The lowest BCUT2D eigenvalue weighted by molar-refractivity contribution is 0.407. The van der Waals surface area contributed by atoms with Crippen LogP contribution in [0, 0.1) is 17.0 Å². The van der Waals surface area contributed by atoms with Crippen molar-refractivity contribution in [1.29, 1.82) is 5.41 Å². The van der Waals surface area contributed by atoms with Crippen LogP contribution in [0.2, 0.25) is 10.0 Å². The number of nitrogens with one attached hydrogen (secondary N) is 1. The van der Waals surface area contributed by atoms with E-state index >= 15 is 0 Å². The van der Waals surface area contributed by atoms with Gasteiger partial charge in [-0.25, -0.2) is 8.78 Å². The first kappa shape index (κ1) is 14.6. The van der Waals surface area contributed by atoms with Crippen molar-refractivity contribution in [3.63, 3.8) is 0 Å². The number of nitrogen functional groups attached to an aromatic ring is 1. The third kappa shape index (κ3) is 3.00. The third-order valence-electron chi connectivity index (χ3n) is 2.42. The van der Waals surface area contributed by atoms with Crippen LogP contribution in [-0.2, 0) is 0 Å². The summed E-state index contributed by atoms with van der Waals surface area (Å²) in [5, 5.41) is 7.63. The van der Waals surface area contributed by atoms with Crippen molar-refractivity contribution in [3.8, 4) is 11.5 Å². The van der Waals surface area contributed by atoms with Crippen molar-refractivity contribution in [2.24, 2.45) is 5.73 Å². The lowest BCUT2D eigenvalue weighted by Gasteiger charge is -2.10. The molecule has 0 aromatic heterocycles. The standard InChI is InChI=1S/C13H8Cl2F2N2O/c14-7-1-2-11(8(15)5-7)20-12-9(16)3-6(13(18)19)4-10(12)17/h1-5H,(H3,18,19). The summed E-state index contributed by atoms with van der Waals surface area (Å²) in [5.74, 6) is -2.98. The van der Waals surface area contributed by atoms with Crippen LogP contribution in [0.4, 0.5) is 8.78 Å². The monoisotopic (exact) mass is 316 g/mol. The average Bonchev–Trinajstić information content (AvgIpc) is 2.35. The first-order chi connectivity index (χ1) is 9.38. The third-order valence-corrected chi connectivity index (χ3v) is 2.95. The highest BCUT2D eigenvalue weighted by Crippen LogP contribution is 2.34. The average molecular weight is 317 g/mol. The second-order valence-electron chi connectivity index (χ2n) is 3.86. The normalized spacial score (nSPS) is 10.4. The number of hydrogen-bond acceptors (Lipinski definition) is 2. The van der Waals surface area contributed by atoms with Gasteiger partial charge in [0.1, 0.15) is 11.6 Å². The Bertz CT molecular complexity index is 669. The van der Waals surface area contributed by atoms with Crippen LogP contribution in [0.15, 0.2) is 30.3 Å². The predicted molar refractivity (Wildman–Crippen MR) is 73.9 cm³/mol. The Balaban J connectivity index is 2.41. The molecule has 0 saturated carbocycles. The Morgan fingerprint density at radius 1 is 1.10 bits per heavy atom. The van der Waals surface area contributed by atoms with Gasteiger partial charge < -0.3 is 10.5 Å². The van der Waals surface area contributed by atoms with Crippen molar-refractivity contribution in [2.45, 2.75) is 0 Å². The molecule has 104 valence electrons. The highest BCUT2D eigenvalue weighted by atomic mass is 35.5. The van der Waals surface area contributed by atoms with Crippen LogP contribution in [-0.4, -0.2) is 5.84 Å². The van der Waals surface area contributed by atoms with Gasteiger partial charge in [0.05, 0.1) is 5.02 Å². The first-order valence-corrected chi connectivity index (χ1v) is 6.10. The van der Waals surface area contributed by atoms with Crippen molar-refractivity contribution in [1.82, 2.24) is 0 Å². The minimum absolute atomic E-state index is 0.0597. The zero-order valence-electron chi connectivity index (χ0n) is 9.88. The summed E-state index contributed by atoms with van der Waals surface area (Å²) in [6.45, 7) is 0. The highest BCUT2D eigenvalue weighted by molar-refractivity contribution is 6.35. The van der Waals surface area contributed by atoms with Crippen LogP contribution in [0.25, 0.3) is 0 Å². The smallest absolute Gasteiger partial charge is 0.198 e. The first-order valence-electron chi connectivity index (χ1n) is 5.35. The minimum Gasteiger partial charge on any atom is -0.450 e. The van der Waals surface area contributed by atoms with E-state index in [1.54, 1.807) is 0 Å². The molecule has 0 saturated heterocycles. The zero-order chi connectivity index (χ0) is 14.9. The van der Waals surface area contributed by atoms with Gasteiger partial charge in [-0.05, 0) is 30.3 Å². The lowest BCUT2D eigenvalue weighted by atomic mass is 10.2. The Labute approximate surface area is 123 Å². The van der Waals surface area contributed by atoms with Gasteiger partial charge in [0.2, 0.25) is 0 Å². The number of halogens is 4. The van der Waals surface area contributed by atoms with E-state index in [9.17, 15) is 8.78 Å². The van der Waals surface area contributed by atoms with Crippen molar-refractivity contribution < 1.29 is 13.5 Å². The Hall–Kier alpha value is -1.85. The van der Waals surface area contributed by atoms with Gasteiger partial charge in [-0.1, -0.05) is 23.2 Å². The van der Waals surface area contributed by atoms with Gasteiger partial charge in [-0.15, -0.1) is 0 Å². The molecule has 0 radical (unpaired) electrons. The molecule has 3 nitrogen and oxygen atoms in total. The van der Waals surface area contributed by atoms with Gasteiger partial charge in [-0.2, -0.15) is 0 Å². The summed E-state index contributed by atoms with van der Waals surface area (Å²) in [4.78, 5) is 0. The fourth-order valence-electron chi connectivity index (χ4n) is 1.48. The maximum absolute atomic E-state index is 13.8. The number of benzene rings is 2. The molecule has 2 rings (SSSR count). The van der Waals surface area contributed by atoms with Gasteiger partial charge in [-0.3, -0.25) is 5.41 Å². The van der Waals surface area contributed by atoms with Crippen molar-refractivity contribution in [2.75, 3.05) is 0 Å². The molecule has 0 aliphatic rings. The summed E-state index contributed by atoms with van der Waals surface area (Å²) in [7, 11) is 0. The second-order valence-corrected chi connectivity index (χ2v) is 4.70. The number of hydrogen-bond donors (Lipinski definition) is 2. The SMILES string of the molecule is N=C(N)c1cc(F)c(Oc2ccc(Cl)cc2Cl)c(F)c1. The number of ether oxygens (including phenoxy) is 1. The van der Waals surface area contributed by atoms with Crippen LogP contribution in [0.3, 0.4) is 0 Å². The molecule has 0 spiro atoms. The van der Waals surface area contributed by atoms with Crippen LogP contribution in [0.5, 0.6) is 11.5 Å². The molecule has 3 N–H and O–H groups in total. The van der Waals surface area contributed by atoms with Gasteiger partial charge >= 0.3 is 0 Å². The molecule has 20 heavy (non-hydrogen) atoms. The molecule has 0 unspecified atom stereocenters. The largest absolute Gasteiger partial charge is 0.450 e. The molecule has 0 atom stereocenters. The summed E-state index contributed by atoms with van der Waals surface area (Å²) in [6, 6.07) is 6.07. The molecule has 2 aromatic rings. The molecular weight excluding hydrogens is 309 g/mol. The summed E-state index contributed by atoms with van der Waals surface area (Å²) >= 11 is 11.6. The molecule has 0 amide bonds. The van der Waals surface area contributed by atoms with Crippen LogP contribution in [0.1, 0.15) is 5.56 Å². The summed E-state index contributed by atoms with van der Waals surface area (Å²) in [5.41, 5.74) is 5.09. The zero-order valence-corrected chi connectivity index (χ0v) is 11.4. The fraction of sp³-hybridized carbons (Fsp3) is 0. The molecule has 0 aliphatic carbocycles. The predicted octanol–water partition coefficient (Wildman–Crippen LogP) is 4.35. The van der Waals surface area contributed by atoms with E-state index < -0.39 is 23.2 Å². The Morgan fingerprint density at radius 2 is 1.70 bits per heavy atom. The molecule has 2 aromatic carbocycles. The van der Waals surface area contributed by atoms with Gasteiger partial charge in [0.25, 0.3) is 0 Å². The van der Waals surface area contributed by atoms with Crippen molar-refractivity contribution in [3.05, 3.63) is 57.6 Å². The van der Waals surface area contributed by atoms with E-state index in [4.69, 9.17) is 39.1 Å². The van der Waals surface area contributed by atoms with Gasteiger partial charge in [0, 0.05) is 10.6 Å². The molecule has 0 heterocycles. The molecular formula is C13H8Cl2F2N2O. The van der Waals surface area contributed by atoms with Gasteiger partial charge in [0.15, 0.2) is 17.4 Å². The van der Waals surface area contributed by atoms with Crippen LogP contribution < -0.4 is 10.5 Å². The van der Waals surface area contributed by atoms with Crippen molar-refractivity contribution >= 4 is 29.0 Å². The molecule has 7 heteroatoms. The second kappa shape index (κ2) is 5.64. The molecule has 0 fully saturated rings. The summed E-state index contributed by atoms with van der Waals surface area (Å²) < 4.78 is 32.7. The van der Waals surface area contributed by atoms with E-state index in [0.29, 0.717) is 5.02 Å². The van der Waals surface area contributed by atoms with E-state index in [1.165, 1.54) is 18.2 Å². The van der Waals surface area contributed by atoms with E-state index in [1.807, 2.05) is 0 Å². The topological polar surface area (TPSA) is 59.1 Å². The van der Waals surface area contributed by atoms with E-state index in [0.717, 1.165) is 12.1 Å². The molecule has 0 bridgehead atoms. The quantitative estimate of drug-likeness (QED) is 0.653. The highest BCUT2D eigenvalue weighted by Gasteiger charge is 2.16. The fourth-order valence-corrected chi connectivity index (χ4v) is 1.93. The Kier molecular flexibility index (Phi) is 4.11. The number of amidine groups is 1. The maximum atomic E-state index is 13.8. The minimum atomic E-state index is -0.985. The number of rotatable bonds is 3. The summed E-state index contributed by atoms with van der Waals surface area (Å²) in [6.07, 6.45) is 0. The van der Waals surface area contributed by atoms with E-state index in [-0.39, 0.29) is 16.3 Å².